The summed E-state index contributed by atoms with van der Waals surface area (Å²) in [4.78, 5) is 30.0. The number of benzene rings is 2. The molecule has 0 aliphatic rings. The molecule has 1 heterocycles. The summed E-state index contributed by atoms with van der Waals surface area (Å²) in [5, 5.41) is 7.34. The van der Waals surface area contributed by atoms with E-state index in [0.29, 0.717) is 27.8 Å². The average Bonchev–Trinajstić information content (AvgIpc) is 3.18. The number of carbonyl (C=O) groups excluding carboxylic acids is 2. The number of likely N-dealkylation sites (N-methyl/N-ethyl adjacent to an activating group) is 1. The van der Waals surface area contributed by atoms with Gasteiger partial charge in [-0.05, 0) is 29.8 Å². The van der Waals surface area contributed by atoms with E-state index in [4.69, 9.17) is 23.2 Å². The van der Waals surface area contributed by atoms with Crippen molar-refractivity contribution in [3.05, 3.63) is 76.3 Å². The quantitative estimate of drug-likeness (QED) is 0.666. The van der Waals surface area contributed by atoms with E-state index in [1.807, 2.05) is 12.1 Å². The second kappa shape index (κ2) is 8.86. The highest BCUT2D eigenvalue weighted by molar-refractivity contribution is 6.39. The Balaban J connectivity index is 1.60. The first-order valence-electron chi connectivity index (χ1n) is 8.34. The molecule has 2 amide bonds. The van der Waals surface area contributed by atoms with Crippen LogP contribution in [0.5, 0.6) is 0 Å². The highest BCUT2D eigenvalue weighted by Crippen LogP contribution is 2.29. The summed E-state index contributed by atoms with van der Waals surface area (Å²) in [6, 6.07) is 12.0. The molecule has 1 N–H and O–H groups in total. The van der Waals surface area contributed by atoms with Gasteiger partial charge in [0.05, 0.1) is 28.8 Å². The summed E-state index contributed by atoms with van der Waals surface area (Å²) in [5.41, 5.74) is 1.79. The number of para-hydroxylation sites is 1. The van der Waals surface area contributed by atoms with Crippen molar-refractivity contribution in [2.45, 2.75) is 6.54 Å². The second-order valence-electron chi connectivity index (χ2n) is 6.10. The number of hydrogen-bond acceptors (Lipinski definition) is 4. The van der Waals surface area contributed by atoms with Crippen molar-refractivity contribution in [3.8, 4) is 0 Å². The van der Waals surface area contributed by atoms with Gasteiger partial charge in [0, 0.05) is 12.6 Å². The van der Waals surface area contributed by atoms with Crippen LogP contribution in [0.4, 0.5) is 5.69 Å². The number of carbonyl (C=O) groups is 2. The minimum atomic E-state index is -0.395. The molecule has 2 aromatic carbocycles. The SMILES string of the molecule is CN(CC(=O)Nc1c(Cl)cccc1Cl)C(=O)c1ccc(Cn2cncn2)cc1. The van der Waals surface area contributed by atoms with Gasteiger partial charge in [-0.3, -0.25) is 9.59 Å². The lowest BCUT2D eigenvalue weighted by molar-refractivity contribution is -0.116. The maximum Gasteiger partial charge on any atom is 0.254 e. The van der Waals surface area contributed by atoms with Crippen LogP contribution in [0.2, 0.25) is 10.0 Å². The lowest BCUT2D eigenvalue weighted by atomic mass is 10.1. The highest BCUT2D eigenvalue weighted by Gasteiger charge is 2.16. The van der Waals surface area contributed by atoms with Gasteiger partial charge in [-0.1, -0.05) is 41.4 Å². The number of hydrogen-bond donors (Lipinski definition) is 1. The normalized spacial score (nSPS) is 10.5. The van der Waals surface area contributed by atoms with Gasteiger partial charge in [0.2, 0.25) is 5.91 Å². The molecule has 3 aromatic rings. The summed E-state index contributed by atoms with van der Waals surface area (Å²) in [6.45, 7) is 0.423. The monoisotopic (exact) mass is 417 g/mol. The van der Waals surface area contributed by atoms with Gasteiger partial charge in [-0.15, -0.1) is 0 Å². The molecule has 144 valence electrons. The van der Waals surface area contributed by atoms with Crippen molar-refractivity contribution in [2.75, 3.05) is 18.9 Å². The zero-order valence-electron chi connectivity index (χ0n) is 15.0. The molecule has 0 saturated heterocycles. The Bertz CT molecular complexity index is 954. The van der Waals surface area contributed by atoms with Gasteiger partial charge in [0.1, 0.15) is 12.7 Å². The predicted octanol–water partition coefficient (Wildman–Crippen LogP) is 3.34. The van der Waals surface area contributed by atoms with Crippen LogP contribution in [0.3, 0.4) is 0 Å². The zero-order chi connectivity index (χ0) is 20.1. The second-order valence-corrected chi connectivity index (χ2v) is 6.91. The Labute approximate surface area is 171 Å². The Kier molecular flexibility index (Phi) is 6.28. The summed E-state index contributed by atoms with van der Waals surface area (Å²) < 4.78 is 1.69. The Morgan fingerprint density at radius 2 is 1.79 bits per heavy atom. The molecule has 0 radical (unpaired) electrons. The van der Waals surface area contributed by atoms with Crippen molar-refractivity contribution in [1.29, 1.82) is 0 Å². The van der Waals surface area contributed by atoms with E-state index in [1.165, 1.54) is 11.2 Å². The van der Waals surface area contributed by atoms with Gasteiger partial charge in [-0.2, -0.15) is 5.10 Å². The maximum absolute atomic E-state index is 12.6. The zero-order valence-corrected chi connectivity index (χ0v) is 16.5. The fourth-order valence-electron chi connectivity index (χ4n) is 2.56. The first-order chi connectivity index (χ1) is 13.4. The predicted molar refractivity (Wildman–Crippen MR) is 108 cm³/mol. The van der Waals surface area contributed by atoms with E-state index >= 15 is 0 Å². The molecular weight excluding hydrogens is 401 g/mol. The molecule has 0 aliphatic heterocycles. The van der Waals surface area contributed by atoms with Gasteiger partial charge in [0.15, 0.2) is 0 Å². The molecule has 0 unspecified atom stereocenters. The topological polar surface area (TPSA) is 80.1 Å². The molecule has 0 bridgehead atoms. The molecule has 7 nitrogen and oxygen atoms in total. The van der Waals surface area contributed by atoms with Crippen molar-refractivity contribution >= 4 is 40.7 Å². The summed E-state index contributed by atoms with van der Waals surface area (Å²) in [7, 11) is 1.56. The molecule has 0 atom stereocenters. The van der Waals surface area contributed by atoms with Gasteiger partial charge in [-0.25, -0.2) is 9.67 Å². The number of rotatable bonds is 6. The van der Waals surface area contributed by atoms with E-state index in [0.717, 1.165) is 5.56 Å². The molecule has 0 fully saturated rings. The number of amides is 2. The fraction of sp³-hybridized carbons (Fsp3) is 0.158. The van der Waals surface area contributed by atoms with Crippen molar-refractivity contribution < 1.29 is 9.59 Å². The largest absolute Gasteiger partial charge is 0.332 e. The van der Waals surface area contributed by atoms with Crippen LogP contribution in [0.1, 0.15) is 15.9 Å². The third-order valence-corrected chi connectivity index (χ3v) is 4.60. The van der Waals surface area contributed by atoms with E-state index in [-0.39, 0.29) is 12.5 Å². The summed E-state index contributed by atoms with van der Waals surface area (Å²) in [6.07, 6.45) is 3.09. The number of aromatic nitrogens is 3. The minimum Gasteiger partial charge on any atom is -0.332 e. The van der Waals surface area contributed by atoms with Crippen LogP contribution in [-0.4, -0.2) is 45.1 Å². The Hall–Kier alpha value is -2.90. The average molecular weight is 418 g/mol. The fourth-order valence-corrected chi connectivity index (χ4v) is 3.05. The lowest BCUT2D eigenvalue weighted by Gasteiger charge is -2.18. The van der Waals surface area contributed by atoms with Crippen LogP contribution in [0, 0.1) is 0 Å². The van der Waals surface area contributed by atoms with Gasteiger partial charge < -0.3 is 10.2 Å². The first-order valence-corrected chi connectivity index (χ1v) is 9.10. The highest BCUT2D eigenvalue weighted by atomic mass is 35.5. The Morgan fingerprint density at radius 1 is 1.11 bits per heavy atom. The van der Waals surface area contributed by atoms with Crippen molar-refractivity contribution in [2.24, 2.45) is 0 Å². The van der Waals surface area contributed by atoms with Gasteiger partial charge >= 0.3 is 0 Å². The van der Waals surface area contributed by atoms with Crippen LogP contribution < -0.4 is 5.32 Å². The molecule has 3 rings (SSSR count). The lowest BCUT2D eigenvalue weighted by Crippen LogP contribution is -2.35. The smallest absolute Gasteiger partial charge is 0.254 e. The number of nitrogens with one attached hydrogen (secondary N) is 1. The van der Waals surface area contributed by atoms with Crippen LogP contribution in [0.15, 0.2) is 55.1 Å². The van der Waals surface area contributed by atoms with Crippen LogP contribution in [0.25, 0.3) is 0 Å². The Morgan fingerprint density at radius 3 is 2.39 bits per heavy atom. The van der Waals surface area contributed by atoms with E-state index in [1.54, 1.807) is 48.4 Å². The van der Waals surface area contributed by atoms with Crippen LogP contribution in [-0.2, 0) is 11.3 Å². The maximum atomic E-state index is 12.6. The van der Waals surface area contributed by atoms with Crippen molar-refractivity contribution in [3.63, 3.8) is 0 Å². The first kappa shape index (κ1) is 19.9. The molecule has 0 aliphatic carbocycles. The van der Waals surface area contributed by atoms with E-state index in [9.17, 15) is 9.59 Å². The third kappa shape index (κ3) is 4.88. The molecule has 0 saturated carbocycles. The summed E-state index contributed by atoms with van der Waals surface area (Å²) >= 11 is 12.1. The molecule has 0 spiro atoms. The number of anilines is 1. The van der Waals surface area contributed by atoms with E-state index < -0.39 is 5.91 Å². The van der Waals surface area contributed by atoms with E-state index in [2.05, 4.69) is 15.4 Å². The molecule has 1 aromatic heterocycles. The number of halogens is 2. The number of nitrogens with zero attached hydrogens (tertiary/aromatic N) is 4. The third-order valence-electron chi connectivity index (χ3n) is 3.97. The van der Waals surface area contributed by atoms with Gasteiger partial charge in [0.25, 0.3) is 5.91 Å². The minimum absolute atomic E-state index is 0.138. The standard InChI is InChI=1S/C19H17Cl2N5O2/c1-25(10-17(27)24-18-15(20)3-2-4-16(18)21)19(28)14-7-5-13(6-8-14)9-26-12-22-11-23-26/h2-8,11-12H,9-10H2,1H3,(H,24,27). The molecular formula is C19H17Cl2N5O2. The molecule has 28 heavy (non-hydrogen) atoms. The van der Waals surface area contributed by atoms with Crippen LogP contribution >= 0.6 is 23.2 Å². The summed E-state index contributed by atoms with van der Waals surface area (Å²) in [5.74, 6) is -0.665. The molecule has 9 heteroatoms. The van der Waals surface area contributed by atoms with Crippen molar-refractivity contribution in [1.82, 2.24) is 19.7 Å².